The van der Waals surface area contributed by atoms with Gasteiger partial charge in [-0.3, -0.25) is 0 Å². The number of aryl methyl sites for hydroxylation is 1. The molecule has 5 heteroatoms. The molecule has 2 fully saturated rings. The molecule has 1 saturated heterocycles. The van der Waals surface area contributed by atoms with Crippen LogP contribution in [-0.4, -0.2) is 12.7 Å². The second-order valence-electron chi connectivity index (χ2n) is 9.74. The van der Waals surface area contributed by atoms with Gasteiger partial charge >= 0.3 is 0 Å². The first-order valence-corrected chi connectivity index (χ1v) is 12.6. The average molecular weight is 481 g/mol. The van der Waals surface area contributed by atoms with Crippen molar-refractivity contribution in [3.8, 4) is 11.1 Å². The molecule has 0 bridgehead atoms. The van der Waals surface area contributed by atoms with E-state index >= 15 is 8.78 Å². The predicted molar refractivity (Wildman–Crippen MR) is 131 cm³/mol. The second-order valence-corrected chi connectivity index (χ2v) is 9.74. The highest BCUT2D eigenvalue weighted by molar-refractivity contribution is 5.65. The molecule has 0 N–H and O–H groups in total. The zero-order chi connectivity index (χ0) is 24.4. The Morgan fingerprint density at radius 3 is 2.17 bits per heavy atom. The average Bonchev–Trinajstić information content (AvgIpc) is 3.71. The highest BCUT2D eigenvalue weighted by atomic mass is 19.2. The summed E-state index contributed by atoms with van der Waals surface area (Å²) in [6.45, 7) is 3.04. The van der Waals surface area contributed by atoms with Gasteiger partial charge in [-0.25, -0.2) is 13.2 Å². The molecule has 0 radical (unpaired) electrons. The van der Waals surface area contributed by atoms with Crippen LogP contribution < -0.4 is 0 Å². The van der Waals surface area contributed by atoms with Crippen LogP contribution in [0.5, 0.6) is 0 Å². The van der Waals surface area contributed by atoms with E-state index in [0.29, 0.717) is 35.5 Å². The molecule has 0 amide bonds. The zero-order valence-electron chi connectivity index (χ0n) is 20.0. The Hall–Kier alpha value is -2.63. The third-order valence-corrected chi connectivity index (χ3v) is 7.26. The van der Waals surface area contributed by atoms with Gasteiger partial charge in [0, 0.05) is 11.1 Å². The smallest absolute Gasteiger partial charge is 0.166 e. The number of epoxide rings is 1. The van der Waals surface area contributed by atoms with Gasteiger partial charge in [0.15, 0.2) is 11.6 Å². The fourth-order valence-corrected chi connectivity index (χ4v) is 5.15. The minimum absolute atomic E-state index is 0.0272. The van der Waals surface area contributed by atoms with Gasteiger partial charge in [0.05, 0.1) is 19.3 Å². The van der Waals surface area contributed by atoms with Gasteiger partial charge < -0.3 is 9.47 Å². The Balaban J connectivity index is 1.18. The standard InChI is InChI=1S/C30H31F3O2/c1-2-3-19-4-7-21(8-5-19)24-14-15-25(30(33)29(24)32)22-9-11-23(12-10-22)34-17-20-6-13-26(27(31)16-20)28-18-35-28/h4-8,13-16,22-23,28H,2-3,9-12,17-18H2,1H3. The molecule has 1 heterocycles. The fraction of sp³-hybridized carbons (Fsp3) is 0.400. The van der Waals surface area contributed by atoms with E-state index in [1.165, 1.54) is 11.6 Å². The summed E-state index contributed by atoms with van der Waals surface area (Å²) >= 11 is 0. The van der Waals surface area contributed by atoms with Gasteiger partial charge in [-0.1, -0.05) is 61.9 Å². The topological polar surface area (TPSA) is 21.8 Å². The highest BCUT2D eigenvalue weighted by Crippen LogP contribution is 2.38. The van der Waals surface area contributed by atoms with E-state index in [1.54, 1.807) is 18.2 Å². The monoisotopic (exact) mass is 480 g/mol. The summed E-state index contributed by atoms with van der Waals surface area (Å²) in [7, 11) is 0. The van der Waals surface area contributed by atoms with Crippen molar-refractivity contribution in [1.82, 2.24) is 0 Å². The highest BCUT2D eigenvalue weighted by Gasteiger charge is 2.29. The molecular weight excluding hydrogens is 449 g/mol. The predicted octanol–water partition coefficient (Wildman–Crippen LogP) is 8.04. The normalized spacial score (nSPS) is 21.8. The number of hydrogen-bond acceptors (Lipinski definition) is 2. The van der Waals surface area contributed by atoms with Crippen LogP contribution in [-0.2, 0) is 22.5 Å². The van der Waals surface area contributed by atoms with Crippen molar-refractivity contribution in [3.63, 3.8) is 0 Å². The van der Waals surface area contributed by atoms with Crippen molar-refractivity contribution in [2.45, 2.75) is 70.2 Å². The molecule has 1 unspecified atom stereocenters. The summed E-state index contributed by atoms with van der Waals surface area (Å²) in [6, 6.07) is 16.3. The first kappa shape index (κ1) is 24.1. The molecule has 1 aliphatic carbocycles. The minimum atomic E-state index is -0.772. The summed E-state index contributed by atoms with van der Waals surface area (Å²) in [6.07, 6.45) is 4.95. The van der Waals surface area contributed by atoms with Gasteiger partial charge in [-0.2, -0.15) is 0 Å². The van der Waals surface area contributed by atoms with Crippen molar-refractivity contribution in [2.75, 3.05) is 6.61 Å². The van der Waals surface area contributed by atoms with Gasteiger partial charge in [-0.15, -0.1) is 0 Å². The lowest BCUT2D eigenvalue weighted by molar-refractivity contribution is 0.0130. The van der Waals surface area contributed by atoms with E-state index in [0.717, 1.165) is 44.1 Å². The number of benzene rings is 3. The molecule has 1 saturated carbocycles. The summed E-state index contributed by atoms with van der Waals surface area (Å²) in [4.78, 5) is 0. The van der Waals surface area contributed by atoms with Crippen LogP contribution >= 0.6 is 0 Å². The van der Waals surface area contributed by atoms with Crippen molar-refractivity contribution in [3.05, 3.63) is 94.3 Å². The van der Waals surface area contributed by atoms with E-state index in [9.17, 15) is 4.39 Å². The first-order valence-electron chi connectivity index (χ1n) is 12.6. The molecule has 0 spiro atoms. The second kappa shape index (κ2) is 10.5. The lowest BCUT2D eigenvalue weighted by atomic mass is 9.82. The molecule has 1 aliphatic heterocycles. The van der Waals surface area contributed by atoms with Gasteiger partial charge in [-0.05, 0) is 66.3 Å². The van der Waals surface area contributed by atoms with Gasteiger partial charge in [0.1, 0.15) is 11.9 Å². The molecule has 5 rings (SSSR count). The van der Waals surface area contributed by atoms with Crippen LogP contribution in [0.15, 0.2) is 54.6 Å². The summed E-state index contributed by atoms with van der Waals surface area (Å²) in [5.74, 6) is -1.79. The minimum Gasteiger partial charge on any atom is -0.374 e. The SMILES string of the molecule is CCCc1ccc(-c2ccc(C3CCC(OCc4ccc(C5CO5)c(F)c4)CC3)c(F)c2F)cc1. The van der Waals surface area contributed by atoms with Crippen LogP contribution in [0, 0.1) is 17.5 Å². The van der Waals surface area contributed by atoms with Gasteiger partial charge in [0.25, 0.3) is 0 Å². The molecule has 2 nitrogen and oxygen atoms in total. The first-order chi connectivity index (χ1) is 17.0. The van der Waals surface area contributed by atoms with Crippen molar-refractivity contribution in [1.29, 1.82) is 0 Å². The summed E-state index contributed by atoms with van der Waals surface area (Å²) < 4.78 is 55.5. The Morgan fingerprint density at radius 1 is 0.829 bits per heavy atom. The van der Waals surface area contributed by atoms with E-state index in [1.807, 2.05) is 30.3 Å². The zero-order valence-corrected chi connectivity index (χ0v) is 20.0. The number of halogens is 3. The fourth-order valence-electron chi connectivity index (χ4n) is 5.15. The maximum atomic E-state index is 15.1. The molecular formula is C30H31F3O2. The molecule has 3 aromatic rings. The van der Waals surface area contributed by atoms with Crippen molar-refractivity contribution < 1.29 is 22.6 Å². The third-order valence-electron chi connectivity index (χ3n) is 7.26. The Bertz CT molecular complexity index is 1160. The van der Waals surface area contributed by atoms with Crippen LogP contribution in [0.4, 0.5) is 13.2 Å². The molecule has 1 atom stereocenters. The maximum Gasteiger partial charge on any atom is 0.166 e. The Morgan fingerprint density at radius 2 is 1.51 bits per heavy atom. The summed E-state index contributed by atoms with van der Waals surface area (Å²) in [5, 5.41) is 0. The third kappa shape index (κ3) is 5.46. The maximum absolute atomic E-state index is 15.1. The van der Waals surface area contributed by atoms with Crippen molar-refractivity contribution in [2.24, 2.45) is 0 Å². The number of rotatable bonds is 8. The lowest BCUT2D eigenvalue weighted by Gasteiger charge is -2.29. The quantitative estimate of drug-likeness (QED) is 0.304. The lowest BCUT2D eigenvalue weighted by Crippen LogP contribution is -2.21. The van der Waals surface area contributed by atoms with Gasteiger partial charge in [0.2, 0.25) is 0 Å². The van der Waals surface area contributed by atoms with Crippen LogP contribution in [0.2, 0.25) is 0 Å². The Labute approximate surface area is 205 Å². The molecule has 184 valence electrons. The summed E-state index contributed by atoms with van der Waals surface area (Å²) in [5.41, 5.74) is 4.04. The molecule has 0 aromatic heterocycles. The largest absolute Gasteiger partial charge is 0.374 e. The van der Waals surface area contributed by atoms with Crippen LogP contribution in [0.25, 0.3) is 11.1 Å². The Kier molecular flexibility index (Phi) is 7.26. The molecule has 3 aromatic carbocycles. The van der Waals surface area contributed by atoms with E-state index in [-0.39, 0.29) is 23.9 Å². The molecule has 35 heavy (non-hydrogen) atoms. The van der Waals surface area contributed by atoms with E-state index in [4.69, 9.17) is 9.47 Å². The molecule has 2 aliphatic rings. The van der Waals surface area contributed by atoms with Crippen LogP contribution in [0.1, 0.15) is 73.3 Å². The number of hydrogen-bond donors (Lipinski definition) is 0. The number of ether oxygens (including phenoxy) is 2. The van der Waals surface area contributed by atoms with Crippen molar-refractivity contribution >= 4 is 0 Å². The van der Waals surface area contributed by atoms with E-state index in [2.05, 4.69) is 6.92 Å². The van der Waals surface area contributed by atoms with Crippen LogP contribution in [0.3, 0.4) is 0 Å². The van der Waals surface area contributed by atoms with E-state index < -0.39 is 11.6 Å².